The van der Waals surface area contributed by atoms with Crippen molar-refractivity contribution in [1.29, 1.82) is 0 Å². The van der Waals surface area contributed by atoms with Gasteiger partial charge in [-0.15, -0.1) is 0 Å². The summed E-state index contributed by atoms with van der Waals surface area (Å²) in [4.78, 5) is 34.7. The van der Waals surface area contributed by atoms with Crippen LogP contribution in [0, 0.1) is 0 Å². The fourth-order valence-electron chi connectivity index (χ4n) is 4.07. The first-order chi connectivity index (χ1) is 15.5. The average molecular weight is 437 g/mol. The van der Waals surface area contributed by atoms with Crippen LogP contribution in [0.25, 0.3) is 11.0 Å². The number of piperazine rings is 1. The van der Waals surface area contributed by atoms with Crippen LogP contribution < -0.4 is 19.9 Å². The number of methoxy groups -OCH3 is 2. The van der Waals surface area contributed by atoms with E-state index in [0.29, 0.717) is 55.6 Å². The van der Waals surface area contributed by atoms with Gasteiger partial charge in [-0.3, -0.25) is 9.59 Å². The third-order valence-electron chi connectivity index (χ3n) is 5.75. The van der Waals surface area contributed by atoms with Gasteiger partial charge in [0.05, 0.1) is 25.3 Å². The van der Waals surface area contributed by atoms with E-state index in [1.54, 1.807) is 41.9 Å². The third kappa shape index (κ3) is 4.12. The Morgan fingerprint density at radius 1 is 1.00 bits per heavy atom. The molecule has 8 nitrogen and oxygen atoms in total. The number of carbonyl (C=O) groups excluding carboxylic acids is 1. The van der Waals surface area contributed by atoms with Crippen molar-refractivity contribution >= 4 is 22.8 Å². The standard InChI is InChI=1S/C24H28N4O4/c1-4-9-28-21-8-6-5-7-20(21)25-22(24(28)30)26-10-12-27(13-11-26)23(29)17-14-18(31-2)16-19(15-17)32-3/h5-8,14-16H,4,9-13H2,1-3H3. The number of amides is 1. The summed E-state index contributed by atoms with van der Waals surface area (Å²) < 4.78 is 12.4. The highest BCUT2D eigenvalue weighted by atomic mass is 16.5. The van der Waals surface area contributed by atoms with Crippen LogP contribution >= 0.6 is 0 Å². The molecular formula is C24H28N4O4. The number of benzene rings is 2. The van der Waals surface area contributed by atoms with Crippen molar-refractivity contribution in [3.05, 3.63) is 58.4 Å². The highest BCUT2D eigenvalue weighted by Crippen LogP contribution is 2.24. The zero-order valence-corrected chi connectivity index (χ0v) is 18.7. The molecule has 4 rings (SSSR count). The number of anilines is 1. The van der Waals surface area contributed by atoms with Crippen LogP contribution in [-0.4, -0.2) is 60.8 Å². The molecule has 0 N–H and O–H groups in total. The SMILES string of the molecule is CCCn1c(=O)c(N2CCN(C(=O)c3cc(OC)cc(OC)c3)CC2)nc2ccccc21. The molecule has 0 spiro atoms. The zero-order valence-electron chi connectivity index (χ0n) is 18.7. The molecule has 8 heteroatoms. The molecule has 1 amide bonds. The largest absolute Gasteiger partial charge is 0.497 e. The van der Waals surface area contributed by atoms with Gasteiger partial charge in [0.25, 0.3) is 11.5 Å². The Morgan fingerprint density at radius 2 is 1.66 bits per heavy atom. The molecule has 0 aliphatic carbocycles. The fourth-order valence-corrected chi connectivity index (χ4v) is 4.07. The smallest absolute Gasteiger partial charge is 0.294 e. The summed E-state index contributed by atoms with van der Waals surface area (Å²) in [5.41, 5.74) is 2.09. The monoisotopic (exact) mass is 436 g/mol. The molecule has 1 aliphatic heterocycles. The Bertz CT molecular complexity index is 1160. The van der Waals surface area contributed by atoms with Crippen LogP contribution in [0.4, 0.5) is 5.82 Å². The van der Waals surface area contributed by atoms with Gasteiger partial charge in [-0.1, -0.05) is 19.1 Å². The van der Waals surface area contributed by atoms with Gasteiger partial charge in [-0.25, -0.2) is 4.98 Å². The fraction of sp³-hybridized carbons (Fsp3) is 0.375. The highest BCUT2D eigenvalue weighted by molar-refractivity contribution is 5.95. The summed E-state index contributed by atoms with van der Waals surface area (Å²) in [6.45, 7) is 4.78. The Hall–Kier alpha value is -3.55. The summed E-state index contributed by atoms with van der Waals surface area (Å²) >= 11 is 0. The quantitative estimate of drug-likeness (QED) is 0.591. The lowest BCUT2D eigenvalue weighted by Crippen LogP contribution is -2.50. The van der Waals surface area contributed by atoms with Crippen molar-refractivity contribution in [2.45, 2.75) is 19.9 Å². The number of carbonyl (C=O) groups is 1. The predicted molar refractivity (Wildman–Crippen MR) is 124 cm³/mol. The van der Waals surface area contributed by atoms with Crippen molar-refractivity contribution < 1.29 is 14.3 Å². The van der Waals surface area contributed by atoms with Crippen LogP contribution in [-0.2, 0) is 6.54 Å². The van der Waals surface area contributed by atoms with E-state index in [2.05, 4.69) is 11.9 Å². The first kappa shape index (κ1) is 21.7. The Labute approximate surface area is 187 Å². The van der Waals surface area contributed by atoms with E-state index < -0.39 is 0 Å². The van der Waals surface area contributed by atoms with Crippen molar-refractivity contribution in [2.75, 3.05) is 45.3 Å². The summed E-state index contributed by atoms with van der Waals surface area (Å²) in [6, 6.07) is 12.9. The zero-order chi connectivity index (χ0) is 22.7. The number of aromatic nitrogens is 2. The lowest BCUT2D eigenvalue weighted by molar-refractivity contribution is 0.0745. The van der Waals surface area contributed by atoms with Gasteiger partial charge >= 0.3 is 0 Å². The summed E-state index contributed by atoms with van der Waals surface area (Å²) in [7, 11) is 3.12. The Kier molecular flexibility index (Phi) is 6.30. The third-order valence-corrected chi connectivity index (χ3v) is 5.75. The Balaban J connectivity index is 1.55. The molecule has 1 fully saturated rings. The van der Waals surface area contributed by atoms with Gasteiger partial charge in [0, 0.05) is 44.4 Å². The average Bonchev–Trinajstić information content (AvgIpc) is 2.85. The van der Waals surface area contributed by atoms with E-state index >= 15 is 0 Å². The Morgan fingerprint density at radius 3 is 2.28 bits per heavy atom. The lowest BCUT2D eigenvalue weighted by Gasteiger charge is -2.35. The predicted octanol–water partition coefficient (Wildman–Crippen LogP) is 2.79. The molecule has 0 bridgehead atoms. The highest BCUT2D eigenvalue weighted by Gasteiger charge is 2.26. The number of para-hydroxylation sites is 2. The molecule has 2 aromatic carbocycles. The van der Waals surface area contributed by atoms with Crippen molar-refractivity contribution in [2.24, 2.45) is 0 Å². The maximum Gasteiger partial charge on any atom is 0.294 e. The van der Waals surface area contributed by atoms with Crippen molar-refractivity contribution in [3.8, 4) is 11.5 Å². The number of ether oxygens (including phenoxy) is 2. The second kappa shape index (κ2) is 9.30. The van der Waals surface area contributed by atoms with Gasteiger partial charge in [0.2, 0.25) is 0 Å². The van der Waals surface area contributed by atoms with E-state index in [9.17, 15) is 9.59 Å². The molecule has 0 unspecified atom stereocenters. The molecule has 0 saturated carbocycles. The molecule has 1 aliphatic rings. The van der Waals surface area contributed by atoms with Crippen molar-refractivity contribution in [3.63, 3.8) is 0 Å². The molecular weight excluding hydrogens is 408 g/mol. The van der Waals surface area contributed by atoms with E-state index in [1.165, 1.54) is 0 Å². The molecule has 2 heterocycles. The minimum Gasteiger partial charge on any atom is -0.497 e. The molecule has 0 radical (unpaired) electrons. The minimum atomic E-state index is -0.0864. The second-order valence-electron chi connectivity index (χ2n) is 7.76. The van der Waals surface area contributed by atoms with Crippen LogP contribution in [0.1, 0.15) is 23.7 Å². The van der Waals surface area contributed by atoms with E-state index in [4.69, 9.17) is 9.47 Å². The topological polar surface area (TPSA) is 76.9 Å². The molecule has 0 atom stereocenters. The van der Waals surface area contributed by atoms with Gasteiger partial charge < -0.3 is 23.8 Å². The molecule has 168 valence electrons. The number of hydrogen-bond acceptors (Lipinski definition) is 6. The summed E-state index contributed by atoms with van der Waals surface area (Å²) in [5.74, 6) is 1.51. The first-order valence-corrected chi connectivity index (χ1v) is 10.8. The lowest BCUT2D eigenvalue weighted by atomic mass is 10.1. The van der Waals surface area contributed by atoms with Crippen LogP contribution in [0.3, 0.4) is 0 Å². The normalized spacial score (nSPS) is 14.0. The first-order valence-electron chi connectivity index (χ1n) is 10.8. The van der Waals surface area contributed by atoms with Gasteiger partial charge in [-0.05, 0) is 30.7 Å². The maximum atomic E-state index is 13.2. The van der Waals surface area contributed by atoms with Crippen molar-refractivity contribution in [1.82, 2.24) is 14.5 Å². The van der Waals surface area contributed by atoms with Gasteiger partial charge in [0.15, 0.2) is 5.82 Å². The van der Waals surface area contributed by atoms with Gasteiger partial charge in [-0.2, -0.15) is 0 Å². The van der Waals surface area contributed by atoms with E-state index in [1.807, 2.05) is 29.2 Å². The number of aryl methyl sites for hydroxylation is 1. The number of nitrogens with zero attached hydrogens (tertiary/aromatic N) is 4. The summed E-state index contributed by atoms with van der Waals surface area (Å²) in [6.07, 6.45) is 0.861. The maximum absolute atomic E-state index is 13.2. The van der Waals surface area contributed by atoms with E-state index in [0.717, 1.165) is 17.5 Å². The van der Waals surface area contributed by atoms with E-state index in [-0.39, 0.29) is 11.5 Å². The number of hydrogen-bond donors (Lipinski definition) is 0. The molecule has 1 aromatic heterocycles. The summed E-state index contributed by atoms with van der Waals surface area (Å²) in [5, 5.41) is 0. The second-order valence-corrected chi connectivity index (χ2v) is 7.76. The minimum absolute atomic E-state index is 0.0807. The van der Waals surface area contributed by atoms with Gasteiger partial charge in [0.1, 0.15) is 11.5 Å². The van der Waals surface area contributed by atoms with Crippen LogP contribution in [0.2, 0.25) is 0 Å². The van der Waals surface area contributed by atoms with Crippen LogP contribution in [0.15, 0.2) is 47.3 Å². The number of fused-ring (bicyclic) bond motifs is 1. The molecule has 32 heavy (non-hydrogen) atoms. The molecule has 3 aromatic rings. The van der Waals surface area contributed by atoms with Crippen LogP contribution in [0.5, 0.6) is 11.5 Å². The number of rotatable bonds is 6. The molecule has 1 saturated heterocycles.